The molecule has 1 N–H and O–H groups in total. The van der Waals surface area contributed by atoms with E-state index in [9.17, 15) is 0 Å². The predicted molar refractivity (Wildman–Crippen MR) is 80.3 cm³/mol. The quantitative estimate of drug-likeness (QED) is 0.773. The van der Waals surface area contributed by atoms with Crippen LogP contribution in [0.2, 0.25) is 0 Å². The summed E-state index contributed by atoms with van der Waals surface area (Å²) in [5, 5.41) is 4.51. The number of nitrogens with one attached hydrogen (secondary N) is 1. The molecule has 1 aromatic heterocycles. The molecule has 0 amide bonds. The zero-order valence-electron chi connectivity index (χ0n) is 10.7. The standard InChI is InChI=1S/C14H19N3S/c1-18-10-6-2-5-9-15-14-12-7-3-4-8-13(12)16-11-17-14/h3-4,7-8,11H,2,5-6,9-10H2,1H3,(H,15,16,17). The lowest BCUT2D eigenvalue weighted by Crippen LogP contribution is -2.04. The van der Waals surface area contributed by atoms with Crippen molar-refractivity contribution in [3.63, 3.8) is 0 Å². The van der Waals surface area contributed by atoms with Gasteiger partial charge >= 0.3 is 0 Å². The van der Waals surface area contributed by atoms with Gasteiger partial charge in [-0.2, -0.15) is 11.8 Å². The highest BCUT2D eigenvalue weighted by Crippen LogP contribution is 2.18. The topological polar surface area (TPSA) is 37.8 Å². The van der Waals surface area contributed by atoms with Crippen LogP contribution < -0.4 is 5.32 Å². The SMILES string of the molecule is CSCCCCCNc1ncnc2ccccc12. The number of aromatic nitrogens is 2. The van der Waals surface area contributed by atoms with E-state index < -0.39 is 0 Å². The van der Waals surface area contributed by atoms with Crippen LogP contribution in [0.3, 0.4) is 0 Å². The maximum Gasteiger partial charge on any atom is 0.137 e. The summed E-state index contributed by atoms with van der Waals surface area (Å²) in [6.07, 6.45) is 7.55. The maximum absolute atomic E-state index is 4.31. The van der Waals surface area contributed by atoms with Crippen LogP contribution in [0.15, 0.2) is 30.6 Å². The number of hydrogen-bond donors (Lipinski definition) is 1. The molecule has 2 rings (SSSR count). The smallest absolute Gasteiger partial charge is 0.137 e. The van der Waals surface area contributed by atoms with Gasteiger partial charge in [-0.1, -0.05) is 18.6 Å². The van der Waals surface area contributed by atoms with Crippen LogP contribution in [0.1, 0.15) is 19.3 Å². The van der Waals surface area contributed by atoms with Crippen molar-refractivity contribution in [3.05, 3.63) is 30.6 Å². The molecule has 18 heavy (non-hydrogen) atoms. The molecular weight excluding hydrogens is 242 g/mol. The summed E-state index contributed by atoms with van der Waals surface area (Å²) >= 11 is 1.92. The first-order valence-corrected chi connectivity index (χ1v) is 7.74. The number of anilines is 1. The fraction of sp³-hybridized carbons (Fsp3) is 0.429. The first kappa shape index (κ1) is 13.1. The predicted octanol–water partition coefficient (Wildman–Crippen LogP) is 3.58. The highest BCUT2D eigenvalue weighted by atomic mass is 32.2. The Labute approximate surface area is 112 Å². The van der Waals surface area contributed by atoms with Gasteiger partial charge in [-0.15, -0.1) is 0 Å². The highest BCUT2D eigenvalue weighted by Gasteiger charge is 2.01. The Morgan fingerprint density at radius 2 is 2.00 bits per heavy atom. The van der Waals surface area contributed by atoms with E-state index in [0.717, 1.165) is 23.3 Å². The van der Waals surface area contributed by atoms with Gasteiger partial charge < -0.3 is 5.32 Å². The van der Waals surface area contributed by atoms with Crippen molar-refractivity contribution in [1.82, 2.24) is 9.97 Å². The second-order valence-electron chi connectivity index (χ2n) is 4.22. The van der Waals surface area contributed by atoms with Gasteiger partial charge in [0.2, 0.25) is 0 Å². The zero-order chi connectivity index (χ0) is 12.6. The fourth-order valence-corrected chi connectivity index (χ4v) is 2.39. The molecule has 96 valence electrons. The number of para-hydroxylation sites is 1. The molecule has 0 aliphatic rings. The average molecular weight is 261 g/mol. The molecule has 0 radical (unpaired) electrons. The molecule has 0 bridgehead atoms. The summed E-state index contributed by atoms with van der Waals surface area (Å²) in [5.41, 5.74) is 0.998. The van der Waals surface area contributed by atoms with Crippen molar-refractivity contribution in [3.8, 4) is 0 Å². The molecule has 1 heterocycles. The monoisotopic (exact) mass is 261 g/mol. The third kappa shape index (κ3) is 3.60. The number of benzene rings is 1. The van der Waals surface area contributed by atoms with Crippen LogP contribution in [0, 0.1) is 0 Å². The van der Waals surface area contributed by atoms with Gasteiger partial charge in [0.15, 0.2) is 0 Å². The number of rotatable bonds is 7. The third-order valence-corrected chi connectivity index (χ3v) is 3.56. The lowest BCUT2D eigenvalue weighted by molar-refractivity contribution is 0.748. The number of hydrogen-bond acceptors (Lipinski definition) is 4. The third-order valence-electron chi connectivity index (χ3n) is 2.86. The van der Waals surface area contributed by atoms with Crippen molar-refractivity contribution in [2.75, 3.05) is 23.9 Å². The highest BCUT2D eigenvalue weighted by molar-refractivity contribution is 7.98. The van der Waals surface area contributed by atoms with Gasteiger partial charge in [0.05, 0.1) is 5.52 Å². The molecule has 0 saturated heterocycles. The molecule has 0 saturated carbocycles. The van der Waals surface area contributed by atoms with E-state index in [1.165, 1.54) is 25.0 Å². The Hall–Kier alpha value is -1.29. The van der Waals surface area contributed by atoms with Crippen molar-refractivity contribution < 1.29 is 0 Å². The molecule has 0 spiro atoms. The first-order chi connectivity index (χ1) is 8.92. The number of fused-ring (bicyclic) bond motifs is 1. The van der Waals surface area contributed by atoms with Crippen LogP contribution in [0.5, 0.6) is 0 Å². The van der Waals surface area contributed by atoms with Crippen LogP contribution in [0.4, 0.5) is 5.82 Å². The molecule has 0 unspecified atom stereocenters. The normalized spacial score (nSPS) is 10.7. The second kappa shape index (κ2) is 7.21. The first-order valence-electron chi connectivity index (χ1n) is 6.34. The van der Waals surface area contributed by atoms with E-state index in [1.807, 2.05) is 30.0 Å². The molecular formula is C14H19N3S. The van der Waals surface area contributed by atoms with Gasteiger partial charge in [-0.05, 0) is 37.0 Å². The molecule has 3 nitrogen and oxygen atoms in total. The van der Waals surface area contributed by atoms with Gasteiger partial charge in [0.1, 0.15) is 12.1 Å². The van der Waals surface area contributed by atoms with Crippen molar-refractivity contribution >= 4 is 28.5 Å². The summed E-state index contributed by atoms with van der Waals surface area (Å²) in [6, 6.07) is 8.10. The number of thioether (sulfide) groups is 1. The van der Waals surface area contributed by atoms with E-state index in [-0.39, 0.29) is 0 Å². The molecule has 4 heteroatoms. The molecule has 0 fully saturated rings. The van der Waals surface area contributed by atoms with Gasteiger partial charge in [0, 0.05) is 11.9 Å². The summed E-state index contributed by atoms with van der Waals surface area (Å²) in [6.45, 7) is 0.982. The Bertz CT molecular complexity index is 482. The van der Waals surface area contributed by atoms with Gasteiger partial charge in [-0.3, -0.25) is 0 Å². The van der Waals surface area contributed by atoms with E-state index in [1.54, 1.807) is 6.33 Å². The lowest BCUT2D eigenvalue weighted by Gasteiger charge is -2.07. The summed E-state index contributed by atoms with van der Waals surface area (Å²) in [4.78, 5) is 8.57. The molecule has 2 aromatic rings. The second-order valence-corrected chi connectivity index (χ2v) is 5.21. The van der Waals surface area contributed by atoms with Crippen LogP contribution in [-0.4, -0.2) is 28.5 Å². The number of unbranched alkanes of at least 4 members (excludes halogenated alkanes) is 2. The Kier molecular flexibility index (Phi) is 5.27. The summed E-state index contributed by atoms with van der Waals surface area (Å²) in [5.74, 6) is 2.21. The largest absolute Gasteiger partial charge is 0.369 e. The van der Waals surface area contributed by atoms with Crippen LogP contribution in [0.25, 0.3) is 10.9 Å². The summed E-state index contributed by atoms with van der Waals surface area (Å²) < 4.78 is 0. The van der Waals surface area contributed by atoms with Gasteiger partial charge in [-0.25, -0.2) is 9.97 Å². The fourth-order valence-electron chi connectivity index (χ4n) is 1.90. The minimum atomic E-state index is 0.950. The zero-order valence-corrected chi connectivity index (χ0v) is 11.5. The molecule has 0 atom stereocenters. The minimum absolute atomic E-state index is 0.950. The van der Waals surface area contributed by atoms with Gasteiger partial charge in [0.25, 0.3) is 0 Å². The van der Waals surface area contributed by atoms with E-state index in [4.69, 9.17) is 0 Å². The van der Waals surface area contributed by atoms with Crippen LogP contribution >= 0.6 is 11.8 Å². The Morgan fingerprint density at radius 1 is 1.11 bits per heavy atom. The van der Waals surface area contributed by atoms with Crippen molar-refractivity contribution in [2.24, 2.45) is 0 Å². The number of nitrogens with zero attached hydrogens (tertiary/aromatic N) is 2. The molecule has 1 aromatic carbocycles. The van der Waals surface area contributed by atoms with E-state index in [2.05, 4.69) is 27.6 Å². The van der Waals surface area contributed by atoms with E-state index >= 15 is 0 Å². The Balaban J connectivity index is 1.88. The van der Waals surface area contributed by atoms with Crippen molar-refractivity contribution in [1.29, 1.82) is 0 Å². The lowest BCUT2D eigenvalue weighted by atomic mass is 10.2. The summed E-state index contributed by atoms with van der Waals surface area (Å²) in [7, 11) is 0. The Morgan fingerprint density at radius 3 is 2.89 bits per heavy atom. The molecule has 0 aliphatic carbocycles. The average Bonchev–Trinajstić information content (AvgIpc) is 2.43. The maximum atomic E-state index is 4.31. The van der Waals surface area contributed by atoms with Crippen molar-refractivity contribution in [2.45, 2.75) is 19.3 Å². The van der Waals surface area contributed by atoms with Crippen LogP contribution in [-0.2, 0) is 0 Å². The molecule has 0 aliphatic heterocycles. The van der Waals surface area contributed by atoms with E-state index in [0.29, 0.717) is 0 Å². The minimum Gasteiger partial charge on any atom is -0.369 e.